The molecule has 1 fully saturated rings. The third-order valence-corrected chi connectivity index (χ3v) is 7.42. The van der Waals surface area contributed by atoms with Crippen LogP contribution in [0.15, 0.2) is 87.8 Å². The van der Waals surface area contributed by atoms with Crippen LogP contribution >= 0.6 is 23.5 Å². The molecular formula is C24H15N7O6S2. The van der Waals surface area contributed by atoms with Gasteiger partial charge < -0.3 is 0 Å². The minimum Gasteiger partial charge on any atom is -0.268 e. The van der Waals surface area contributed by atoms with Crippen molar-refractivity contribution in [3.63, 3.8) is 0 Å². The van der Waals surface area contributed by atoms with Gasteiger partial charge in [-0.05, 0) is 63.8 Å². The van der Waals surface area contributed by atoms with Gasteiger partial charge in [-0.15, -0.1) is 5.10 Å². The Morgan fingerprint density at radius 2 is 1.64 bits per heavy atom. The summed E-state index contributed by atoms with van der Waals surface area (Å²) >= 11 is 1.66. The number of nitro benzene ring substituents is 2. The van der Waals surface area contributed by atoms with E-state index in [1.807, 2.05) is 18.2 Å². The predicted molar refractivity (Wildman–Crippen MR) is 141 cm³/mol. The number of hydrogen-bond donors (Lipinski definition) is 0. The first-order valence-electron chi connectivity index (χ1n) is 11.1. The first kappa shape index (κ1) is 25.7. The summed E-state index contributed by atoms with van der Waals surface area (Å²) in [5, 5.41) is 34.5. The molecule has 0 unspecified atom stereocenters. The Bertz CT molecular complexity index is 1660. The summed E-state index contributed by atoms with van der Waals surface area (Å²) in [5.74, 6) is -0.647. The molecular weight excluding hydrogens is 546 g/mol. The van der Waals surface area contributed by atoms with Crippen molar-refractivity contribution in [2.75, 3.05) is 0 Å². The van der Waals surface area contributed by atoms with Gasteiger partial charge in [0.1, 0.15) is 0 Å². The van der Waals surface area contributed by atoms with Crippen LogP contribution in [0.1, 0.15) is 11.1 Å². The SMILES string of the molecule is O=C1S/C(=C\c2ccc(Sc3nnnn3-c3ccccc3)c([N+](=O)[O-])c2)C(=O)N1Cc1ccccc1[N+](=O)[O-]. The predicted octanol–water partition coefficient (Wildman–Crippen LogP) is 4.87. The summed E-state index contributed by atoms with van der Waals surface area (Å²) in [5.41, 5.74) is 0.768. The Morgan fingerprint density at radius 1 is 0.923 bits per heavy atom. The van der Waals surface area contributed by atoms with E-state index in [0.717, 1.165) is 16.7 Å². The summed E-state index contributed by atoms with van der Waals surface area (Å²) in [6.07, 6.45) is 1.37. The highest BCUT2D eigenvalue weighted by molar-refractivity contribution is 8.18. The van der Waals surface area contributed by atoms with Crippen molar-refractivity contribution < 1.29 is 19.4 Å². The number of rotatable bonds is 8. The summed E-state index contributed by atoms with van der Waals surface area (Å²) in [7, 11) is 0. The molecule has 0 N–H and O–H groups in total. The van der Waals surface area contributed by atoms with E-state index in [1.54, 1.807) is 24.3 Å². The minimum atomic E-state index is -0.647. The third kappa shape index (κ3) is 5.39. The number of tetrazole rings is 1. The average molecular weight is 562 g/mol. The first-order chi connectivity index (χ1) is 18.8. The molecule has 15 heteroatoms. The number of benzene rings is 3. The molecule has 1 aliphatic rings. The summed E-state index contributed by atoms with van der Waals surface area (Å²) < 4.78 is 1.45. The Hall–Kier alpha value is -4.89. The van der Waals surface area contributed by atoms with E-state index in [9.17, 15) is 29.8 Å². The van der Waals surface area contributed by atoms with Gasteiger partial charge in [-0.2, -0.15) is 4.68 Å². The Labute approximate surface area is 227 Å². The molecule has 2 heterocycles. The fourth-order valence-corrected chi connectivity index (χ4v) is 5.42. The Kier molecular flexibility index (Phi) is 7.16. The molecule has 194 valence electrons. The zero-order valence-corrected chi connectivity index (χ0v) is 21.2. The van der Waals surface area contributed by atoms with Crippen molar-refractivity contribution >= 4 is 52.1 Å². The van der Waals surface area contributed by atoms with E-state index in [2.05, 4.69) is 15.5 Å². The fourth-order valence-electron chi connectivity index (χ4n) is 3.71. The largest absolute Gasteiger partial charge is 0.293 e. The molecule has 13 nitrogen and oxygen atoms in total. The Balaban J connectivity index is 1.40. The number of aromatic nitrogens is 4. The molecule has 1 saturated heterocycles. The normalized spacial score (nSPS) is 14.3. The molecule has 5 rings (SSSR count). The summed E-state index contributed by atoms with van der Waals surface area (Å²) in [4.78, 5) is 48.8. The summed E-state index contributed by atoms with van der Waals surface area (Å²) in [6, 6.07) is 19.2. The number of carbonyl (C=O) groups is 2. The van der Waals surface area contributed by atoms with Gasteiger partial charge in [0.2, 0.25) is 5.16 Å². The molecule has 2 amide bonds. The van der Waals surface area contributed by atoms with Gasteiger partial charge in [0.25, 0.3) is 22.5 Å². The smallest absolute Gasteiger partial charge is 0.268 e. The van der Waals surface area contributed by atoms with Crippen LogP contribution in [-0.2, 0) is 11.3 Å². The van der Waals surface area contributed by atoms with Crippen LogP contribution in [0.25, 0.3) is 11.8 Å². The molecule has 0 spiro atoms. The van der Waals surface area contributed by atoms with Crippen LogP contribution in [0, 0.1) is 20.2 Å². The van der Waals surface area contributed by atoms with Gasteiger partial charge in [-0.25, -0.2) is 0 Å². The van der Waals surface area contributed by atoms with E-state index in [1.165, 1.54) is 41.1 Å². The summed E-state index contributed by atoms with van der Waals surface area (Å²) in [6.45, 7) is -0.273. The van der Waals surface area contributed by atoms with Crippen LogP contribution in [0.5, 0.6) is 0 Å². The number of amides is 2. The Morgan fingerprint density at radius 3 is 2.38 bits per heavy atom. The van der Waals surface area contributed by atoms with Crippen molar-refractivity contribution in [1.82, 2.24) is 25.1 Å². The topological polar surface area (TPSA) is 167 Å². The highest BCUT2D eigenvalue weighted by Gasteiger charge is 2.36. The van der Waals surface area contributed by atoms with E-state index >= 15 is 0 Å². The monoisotopic (exact) mass is 561 g/mol. The maximum absolute atomic E-state index is 13.0. The molecule has 4 aromatic rings. The molecule has 3 aromatic carbocycles. The quantitative estimate of drug-likeness (QED) is 0.163. The fraction of sp³-hybridized carbons (Fsp3) is 0.0417. The highest BCUT2D eigenvalue weighted by atomic mass is 32.2. The van der Waals surface area contributed by atoms with Crippen LogP contribution in [-0.4, -0.2) is 46.1 Å². The number of thioether (sulfide) groups is 1. The van der Waals surface area contributed by atoms with Crippen molar-refractivity contribution in [3.8, 4) is 5.69 Å². The second-order valence-corrected chi connectivity index (χ2v) is 9.95. The van der Waals surface area contributed by atoms with Gasteiger partial charge in [0.05, 0.1) is 31.9 Å². The number of imide groups is 1. The molecule has 1 aromatic heterocycles. The number of carbonyl (C=O) groups excluding carboxylic acids is 2. The second-order valence-electron chi connectivity index (χ2n) is 7.95. The van der Waals surface area contributed by atoms with Crippen molar-refractivity contribution in [1.29, 1.82) is 0 Å². The highest BCUT2D eigenvalue weighted by Crippen LogP contribution is 2.38. The molecule has 0 aliphatic carbocycles. The van der Waals surface area contributed by atoms with E-state index < -0.39 is 21.0 Å². The van der Waals surface area contributed by atoms with Crippen LogP contribution in [0.3, 0.4) is 0 Å². The molecule has 0 saturated carbocycles. The molecule has 0 bridgehead atoms. The van der Waals surface area contributed by atoms with E-state index in [-0.39, 0.29) is 33.3 Å². The van der Waals surface area contributed by atoms with Crippen molar-refractivity contribution in [2.45, 2.75) is 16.6 Å². The lowest BCUT2D eigenvalue weighted by Crippen LogP contribution is -2.27. The molecule has 1 aliphatic heterocycles. The minimum absolute atomic E-state index is 0.0429. The third-order valence-electron chi connectivity index (χ3n) is 5.51. The standard InChI is InChI=1S/C24H15N7O6S2/c32-22-21(39-24(33)28(22)14-16-6-4-5-9-18(16)30(34)35)13-15-10-11-20(19(12-15)31(36)37)38-23-25-26-27-29(23)17-7-2-1-3-8-17/h1-13H,14H2/b21-13-. The lowest BCUT2D eigenvalue weighted by Gasteiger charge is -2.12. The average Bonchev–Trinajstić information content (AvgIpc) is 3.50. The molecule has 39 heavy (non-hydrogen) atoms. The van der Waals surface area contributed by atoms with Gasteiger partial charge in [-0.1, -0.05) is 42.5 Å². The van der Waals surface area contributed by atoms with Gasteiger partial charge in [0, 0.05) is 17.7 Å². The van der Waals surface area contributed by atoms with Crippen LogP contribution in [0.2, 0.25) is 0 Å². The van der Waals surface area contributed by atoms with E-state index in [0.29, 0.717) is 28.2 Å². The van der Waals surface area contributed by atoms with Gasteiger partial charge in [0.15, 0.2) is 0 Å². The van der Waals surface area contributed by atoms with Crippen molar-refractivity contribution in [2.24, 2.45) is 0 Å². The lowest BCUT2D eigenvalue weighted by atomic mass is 10.1. The lowest BCUT2D eigenvalue weighted by molar-refractivity contribution is -0.387. The van der Waals surface area contributed by atoms with Crippen LogP contribution < -0.4 is 0 Å². The molecule has 0 radical (unpaired) electrons. The van der Waals surface area contributed by atoms with E-state index in [4.69, 9.17) is 0 Å². The number of para-hydroxylation sites is 2. The zero-order valence-electron chi connectivity index (χ0n) is 19.6. The molecule has 0 atom stereocenters. The van der Waals surface area contributed by atoms with Crippen molar-refractivity contribution in [3.05, 3.63) is 109 Å². The number of hydrogen-bond acceptors (Lipinski definition) is 11. The van der Waals surface area contributed by atoms with Gasteiger partial charge in [-0.3, -0.25) is 34.7 Å². The zero-order chi connectivity index (χ0) is 27.5. The maximum atomic E-state index is 13.0. The van der Waals surface area contributed by atoms with Gasteiger partial charge >= 0.3 is 0 Å². The maximum Gasteiger partial charge on any atom is 0.293 e. The number of nitrogens with zero attached hydrogens (tertiary/aromatic N) is 7. The van der Waals surface area contributed by atoms with Crippen LogP contribution in [0.4, 0.5) is 16.2 Å². The number of nitro groups is 2. The second kappa shape index (κ2) is 10.8. The first-order valence-corrected chi connectivity index (χ1v) is 12.7.